The molecule has 0 aliphatic heterocycles. The van der Waals surface area contributed by atoms with Crippen LogP contribution >= 0.6 is 0 Å². The number of ether oxygens (including phenoxy) is 1. The molecule has 3 nitrogen and oxygen atoms in total. The first kappa shape index (κ1) is 14.0. The summed E-state index contributed by atoms with van der Waals surface area (Å²) in [6.07, 6.45) is 0.379. The van der Waals surface area contributed by atoms with Gasteiger partial charge in [0.05, 0.1) is 12.4 Å². The van der Waals surface area contributed by atoms with Crippen LogP contribution < -0.4 is 4.74 Å². The molecule has 1 aromatic carbocycles. The van der Waals surface area contributed by atoms with E-state index in [1.807, 2.05) is 0 Å². The van der Waals surface area contributed by atoms with Crippen molar-refractivity contribution in [2.75, 3.05) is 18.1 Å². The number of sulfone groups is 1. The van der Waals surface area contributed by atoms with Crippen LogP contribution in [0.5, 0.6) is 5.75 Å². The van der Waals surface area contributed by atoms with E-state index in [-0.39, 0.29) is 29.7 Å². The number of hydrogen-bond acceptors (Lipinski definition) is 3. The SMILES string of the molecule is CCS(=O)(=O)CCCOc1cccc(C)c1F. The van der Waals surface area contributed by atoms with E-state index < -0.39 is 9.84 Å². The van der Waals surface area contributed by atoms with Gasteiger partial charge in [-0.25, -0.2) is 12.8 Å². The number of aryl methyl sites for hydroxylation is 1. The Kier molecular flexibility index (Phi) is 4.93. The summed E-state index contributed by atoms with van der Waals surface area (Å²) >= 11 is 0. The van der Waals surface area contributed by atoms with Gasteiger partial charge in [-0.2, -0.15) is 0 Å². The Labute approximate surface area is 102 Å². The molecular formula is C12H17FO3S. The highest BCUT2D eigenvalue weighted by molar-refractivity contribution is 7.91. The van der Waals surface area contributed by atoms with Crippen LogP contribution in [0, 0.1) is 12.7 Å². The van der Waals surface area contributed by atoms with Crippen molar-refractivity contribution in [3.8, 4) is 5.75 Å². The molecular weight excluding hydrogens is 243 g/mol. The zero-order valence-electron chi connectivity index (χ0n) is 10.1. The summed E-state index contributed by atoms with van der Waals surface area (Å²) in [4.78, 5) is 0. The maximum Gasteiger partial charge on any atom is 0.167 e. The lowest BCUT2D eigenvalue weighted by molar-refractivity contribution is 0.301. The molecule has 0 radical (unpaired) electrons. The van der Waals surface area contributed by atoms with Crippen LogP contribution in [0.1, 0.15) is 18.9 Å². The monoisotopic (exact) mass is 260 g/mol. The Morgan fingerprint density at radius 2 is 2.06 bits per heavy atom. The molecule has 0 aromatic heterocycles. The van der Waals surface area contributed by atoms with Crippen molar-refractivity contribution in [2.45, 2.75) is 20.3 Å². The van der Waals surface area contributed by atoms with Gasteiger partial charge in [0, 0.05) is 5.75 Å². The van der Waals surface area contributed by atoms with E-state index in [0.717, 1.165) is 0 Å². The highest BCUT2D eigenvalue weighted by atomic mass is 32.2. The summed E-state index contributed by atoms with van der Waals surface area (Å²) < 4.78 is 41.1. The summed E-state index contributed by atoms with van der Waals surface area (Å²) in [5.74, 6) is 0.00711. The largest absolute Gasteiger partial charge is 0.490 e. The summed E-state index contributed by atoms with van der Waals surface area (Å²) in [5, 5.41) is 0. The molecule has 0 atom stereocenters. The smallest absolute Gasteiger partial charge is 0.167 e. The summed E-state index contributed by atoms with van der Waals surface area (Å²) in [6.45, 7) is 3.47. The molecule has 0 N–H and O–H groups in total. The van der Waals surface area contributed by atoms with E-state index in [4.69, 9.17) is 4.74 Å². The lowest BCUT2D eigenvalue weighted by atomic mass is 10.2. The van der Waals surface area contributed by atoms with Crippen molar-refractivity contribution in [1.29, 1.82) is 0 Å². The van der Waals surface area contributed by atoms with E-state index in [1.54, 1.807) is 26.0 Å². The van der Waals surface area contributed by atoms with E-state index in [0.29, 0.717) is 12.0 Å². The third-order valence-corrected chi connectivity index (χ3v) is 4.24. The average Bonchev–Trinajstić information content (AvgIpc) is 2.30. The zero-order chi connectivity index (χ0) is 12.9. The molecule has 0 aliphatic carbocycles. The number of halogens is 1. The van der Waals surface area contributed by atoms with Crippen LogP contribution in [0.15, 0.2) is 18.2 Å². The van der Waals surface area contributed by atoms with Gasteiger partial charge in [-0.05, 0) is 25.0 Å². The number of benzene rings is 1. The fourth-order valence-electron chi connectivity index (χ4n) is 1.34. The molecule has 0 saturated carbocycles. The zero-order valence-corrected chi connectivity index (χ0v) is 10.9. The normalized spacial score (nSPS) is 11.5. The third-order valence-electron chi connectivity index (χ3n) is 2.45. The predicted molar refractivity (Wildman–Crippen MR) is 65.6 cm³/mol. The van der Waals surface area contributed by atoms with Crippen molar-refractivity contribution in [2.24, 2.45) is 0 Å². The molecule has 0 unspecified atom stereocenters. The Morgan fingerprint density at radius 3 is 2.71 bits per heavy atom. The van der Waals surface area contributed by atoms with E-state index in [2.05, 4.69) is 0 Å². The molecule has 1 aromatic rings. The minimum Gasteiger partial charge on any atom is -0.490 e. The standard InChI is InChI=1S/C12H17FO3S/c1-3-17(14,15)9-5-8-16-11-7-4-6-10(2)12(11)13/h4,6-7H,3,5,8-9H2,1-2H3. The molecule has 0 spiro atoms. The van der Waals surface area contributed by atoms with Gasteiger partial charge in [-0.3, -0.25) is 0 Å². The van der Waals surface area contributed by atoms with Crippen LogP contribution in [0.4, 0.5) is 4.39 Å². The summed E-state index contributed by atoms with van der Waals surface area (Å²) in [7, 11) is -2.97. The average molecular weight is 260 g/mol. The molecule has 17 heavy (non-hydrogen) atoms. The third kappa shape index (κ3) is 4.34. The van der Waals surface area contributed by atoms with Crippen LogP contribution in [0.2, 0.25) is 0 Å². The lowest BCUT2D eigenvalue weighted by Crippen LogP contribution is -2.12. The Bertz CT molecular complexity index is 469. The molecule has 0 aliphatic rings. The topological polar surface area (TPSA) is 43.4 Å². The van der Waals surface area contributed by atoms with Crippen molar-refractivity contribution < 1.29 is 17.5 Å². The minimum atomic E-state index is -2.97. The minimum absolute atomic E-state index is 0.0803. The fraction of sp³-hybridized carbons (Fsp3) is 0.500. The quantitative estimate of drug-likeness (QED) is 0.737. The molecule has 0 amide bonds. The van der Waals surface area contributed by atoms with E-state index in [1.165, 1.54) is 6.07 Å². The molecule has 1 rings (SSSR count). The van der Waals surface area contributed by atoms with E-state index in [9.17, 15) is 12.8 Å². The molecule has 0 bridgehead atoms. The first-order valence-corrected chi connectivity index (χ1v) is 7.36. The van der Waals surface area contributed by atoms with Crippen LogP contribution in [0.25, 0.3) is 0 Å². The maximum absolute atomic E-state index is 13.5. The lowest BCUT2D eigenvalue weighted by Gasteiger charge is -2.08. The van der Waals surface area contributed by atoms with E-state index >= 15 is 0 Å². The summed E-state index contributed by atoms with van der Waals surface area (Å²) in [5.41, 5.74) is 0.517. The van der Waals surface area contributed by atoms with Gasteiger partial charge in [0.2, 0.25) is 0 Å². The fourth-order valence-corrected chi connectivity index (χ4v) is 2.18. The predicted octanol–water partition coefficient (Wildman–Crippen LogP) is 2.34. The molecule has 0 heterocycles. The van der Waals surface area contributed by atoms with Gasteiger partial charge in [0.25, 0.3) is 0 Å². The van der Waals surface area contributed by atoms with Gasteiger partial charge in [-0.1, -0.05) is 19.1 Å². The van der Waals surface area contributed by atoms with Gasteiger partial charge in [0.1, 0.15) is 9.84 Å². The first-order valence-electron chi connectivity index (χ1n) is 5.54. The second-order valence-electron chi connectivity index (χ2n) is 3.83. The van der Waals surface area contributed by atoms with Gasteiger partial charge < -0.3 is 4.74 Å². The molecule has 96 valence electrons. The number of hydrogen-bond donors (Lipinski definition) is 0. The Hall–Kier alpha value is -1.10. The van der Waals surface area contributed by atoms with Crippen LogP contribution in [0.3, 0.4) is 0 Å². The molecule has 0 saturated heterocycles. The summed E-state index contributed by atoms with van der Waals surface area (Å²) in [6, 6.07) is 4.90. The number of rotatable bonds is 6. The van der Waals surface area contributed by atoms with Gasteiger partial charge >= 0.3 is 0 Å². The van der Waals surface area contributed by atoms with Crippen molar-refractivity contribution in [1.82, 2.24) is 0 Å². The second-order valence-corrected chi connectivity index (χ2v) is 6.30. The highest BCUT2D eigenvalue weighted by Gasteiger charge is 2.08. The Balaban J connectivity index is 2.44. The highest BCUT2D eigenvalue weighted by Crippen LogP contribution is 2.19. The van der Waals surface area contributed by atoms with Crippen molar-refractivity contribution >= 4 is 9.84 Å². The van der Waals surface area contributed by atoms with Crippen molar-refractivity contribution in [3.05, 3.63) is 29.6 Å². The van der Waals surface area contributed by atoms with Gasteiger partial charge in [-0.15, -0.1) is 0 Å². The maximum atomic E-state index is 13.5. The first-order chi connectivity index (χ1) is 7.96. The molecule has 5 heteroatoms. The van der Waals surface area contributed by atoms with Crippen LogP contribution in [-0.2, 0) is 9.84 Å². The second kappa shape index (κ2) is 6.00. The van der Waals surface area contributed by atoms with Crippen molar-refractivity contribution in [3.63, 3.8) is 0 Å². The van der Waals surface area contributed by atoms with Gasteiger partial charge in [0.15, 0.2) is 11.6 Å². The molecule has 0 fully saturated rings. The Morgan fingerprint density at radius 1 is 1.35 bits per heavy atom. The van der Waals surface area contributed by atoms with Crippen LogP contribution in [-0.4, -0.2) is 26.5 Å².